The zero-order valence-corrected chi connectivity index (χ0v) is 8.34. The Morgan fingerprint density at radius 2 is 2.33 bits per heavy atom. The van der Waals surface area contributed by atoms with E-state index < -0.39 is 5.97 Å². The first kappa shape index (κ1) is 11.4. The largest absolute Gasteiger partial charge is 0.476 e. The van der Waals surface area contributed by atoms with Gasteiger partial charge in [-0.25, -0.2) is 9.78 Å². The third-order valence-electron chi connectivity index (χ3n) is 1.92. The predicted molar refractivity (Wildman–Crippen MR) is 53.8 cm³/mol. The number of aromatic carboxylic acids is 1. The Balaban J connectivity index is 2.77. The van der Waals surface area contributed by atoms with Crippen LogP contribution in [0.5, 0.6) is 0 Å². The van der Waals surface area contributed by atoms with Gasteiger partial charge in [0.1, 0.15) is 5.82 Å². The number of aliphatic hydroxyl groups is 1. The second-order valence-corrected chi connectivity index (χ2v) is 3.03. The molecule has 0 saturated heterocycles. The standard InChI is InChI=1S/C9H13N3O3/c1-2-6(5-13)11-8-4-10-3-7(12-8)9(14)15/h3-4,6,13H,2,5H2,1H3,(H,11,12)(H,14,15). The summed E-state index contributed by atoms with van der Waals surface area (Å²) >= 11 is 0. The van der Waals surface area contributed by atoms with E-state index in [1.165, 1.54) is 12.4 Å². The maximum absolute atomic E-state index is 10.6. The van der Waals surface area contributed by atoms with Crippen LogP contribution in [0.3, 0.4) is 0 Å². The van der Waals surface area contributed by atoms with Gasteiger partial charge in [-0.2, -0.15) is 0 Å². The number of rotatable bonds is 5. The first-order valence-electron chi connectivity index (χ1n) is 4.60. The van der Waals surface area contributed by atoms with Crippen molar-refractivity contribution in [3.63, 3.8) is 0 Å². The highest BCUT2D eigenvalue weighted by Gasteiger charge is 2.09. The van der Waals surface area contributed by atoms with Gasteiger partial charge in [0.2, 0.25) is 0 Å². The van der Waals surface area contributed by atoms with E-state index in [1.54, 1.807) is 0 Å². The molecule has 0 fully saturated rings. The van der Waals surface area contributed by atoms with E-state index in [-0.39, 0.29) is 18.3 Å². The molecule has 0 spiro atoms. The molecular weight excluding hydrogens is 198 g/mol. The zero-order valence-electron chi connectivity index (χ0n) is 8.34. The van der Waals surface area contributed by atoms with E-state index in [4.69, 9.17) is 10.2 Å². The minimum atomic E-state index is -1.12. The number of nitrogens with one attached hydrogen (secondary N) is 1. The molecule has 1 aromatic rings. The highest BCUT2D eigenvalue weighted by molar-refractivity contribution is 5.85. The lowest BCUT2D eigenvalue weighted by atomic mass is 10.2. The van der Waals surface area contributed by atoms with Crippen LogP contribution in [0.1, 0.15) is 23.8 Å². The Hall–Kier alpha value is -1.69. The smallest absolute Gasteiger partial charge is 0.356 e. The van der Waals surface area contributed by atoms with Gasteiger partial charge in [-0.05, 0) is 6.42 Å². The van der Waals surface area contributed by atoms with Crippen LogP contribution in [0.2, 0.25) is 0 Å². The molecule has 6 nitrogen and oxygen atoms in total. The molecule has 0 aliphatic rings. The molecule has 6 heteroatoms. The van der Waals surface area contributed by atoms with Crippen molar-refractivity contribution in [2.45, 2.75) is 19.4 Å². The van der Waals surface area contributed by atoms with E-state index in [9.17, 15) is 4.79 Å². The first-order valence-corrected chi connectivity index (χ1v) is 4.60. The summed E-state index contributed by atoms with van der Waals surface area (Å²) in [6, 6.07) is -0.136. The van der Waals surface area contributed by atoms with Gasteiger partial charge in [0.05, 0.1) is 25.0 Å². The van der Waals surface area contributed by atoms with Crippen LogP contribution in [0.4, 0.5) is 5.82 Å². The van der Waals surface area contributed by atoms with Crippen LogP contribution in [0, 0.1) is 0 Å². The molecule has 1 heterocycles. The molecule has 82 valence electrons. The van der Waals surface area contributed by atoms with Crippen LogP contribution < -0.4 is 5.32 Å². The third kappa shape index (κ3) is 3.17. The number of nitrogens with zero attached hydrogens (tertiary/aromatic N) is 2. The molecule has 0 amide bonds. The van der Waals surface area contributed by atoms with E-state index in [1.807, 2.05) is 6.92 Å². The molecule has 3 N–H and O–H groups in total. The van der Waals surface area contributed by atoms with Crippen molar-refractivity contribution in [3.8, 4) is 0 Å². The topological polar surface area (TPSA) is 95.3 Å². The number of hydrogen-bond acceptors (Lipinski definition) is 5. The average molecular weight is 211 g/mol. The maximum atomic E-state index is 10.6. The van der Waals surface area contributed by atoms with E-state index in [0.717, 1.165) is 6.42 Å². The van der Waals surface area contributed by atoms with Crippen molar-refractivity contribution >= 4 is 11.8 Å². The van der Waals surface area contributed by atoms with Crippen molar-refractivity contribution in [2.24, 2.45) is 0 Å². The van der Waals surface area contributed by atoms with Crippen LogP contribution >= 0.6 is 0 Å². The zero-order chi connectivity index (χ0) is 11.3. The Kier molecular flexibility index (Phi) is 3.99. The summed E-state index contributed by atoms with van der Waals surface area (Å²) in [5.74, 6) is -0.765. The molecule has 0 saturated carbocycles. The second-order valence-electron chi connectivity index (χ2n) is 3.03. The summed E-state index contributed by atoms with van der Waals surface area (Å²) in [5, 5.41) is 20.5. The number of hydrogen-bond donors (Lipinski definition) is 3. The van der Waals surface area contributed by atoms with Crippen molar-refractivity contribution < 1.29 is 15.0 Å². The molecule has 0 aromatic carbocycles. The molecule has 1 aromatic heterocycles. The molecule has 15 heavy (non-hydrogen) atoms. The first-order chi connectivity index (χ1) is 7.17. The van der Waals surface area contributed by atoms with Gasteiger partial charge in [-0.1, -0.05) is 6.92 Å². The predicted octanol–water partition coefficient (Wildman–Crippen LogP) is 0.358. The molecule has 0 radical (unpaired) electrons. The summed E-state index contributed by atoms with van der Waals surface area (Å²) in [6.07, 6.45) is 3.31. The van der Waals surface area contributed by atoms with Crippen LogP contribution in [-0.4, -0.2) is 38.8 Å². The maximum Gasteiger partial charge on any atom is 0.356 e. The van der Waals surface area contributed by atoms with Gasteiger partial charge in [-0.3, -0.25) is 4.98 Å². The molecule has 1 unspecified atom stereocenters. The Morgan fingerprint density at radius 1 is 1.60 bits per heavy atom. The van der Waals surface area contributed by atoms with Gasteiger partial charge in [0.25, 0.3) is 0 Å². The van der Waals surface area contributed by atoms with Crippen molar-refractivity contribution in [1.29, 1.82) is 0 Å². The number of carboxylic acids is 1. The Morgan fingerprint density at radius 3 is 2.87 bits per heavy atom. The Bertz CT molecular complexity index is 339. The van der Waals surface area contributed by atoms with Crippen molar-refractivity contribution in [3.05, 3.63) is 18.1 Å². The minimum absolute atomic E-state index is 0.0323. The quantitative estimate of drug-likeness (QED) is 0.650. The van der Waals surface area contributed by atoms with Crippen LogP contribution in [0.25, 0.3) is 0 Å². The van der Waals surface area contributed by atoms with Gasteiger partial charge >= 0.3 is 5.97 Å². The van der Waals surface area contributed by atoms with Gasteiger partial charge in [0, 0.05) is 0 Å². The average Bonchev–Trinajstić information content (AvgIpc) is 2.26. The molecule has 1 rings (SSSR count). The highest BCUT2D eigenvalue weighted by Crippen LogP contribution is 2.05. The molecule has 1 atom stereocenters. The minimum Gasteiger partial charge on any atom is -0.476 e. The SMILES string of the molecule is CCC(CO)Nc1cncc(C(=O)O)n1. The lowest BCUT2D eigenvalue weighted by molar-refractivity contribution is 0.0690. The summed E-state index contributed by atoms with van der Waals surface area (Å²) in [4.78, 5) is 18.2. The number of carboxylic acid groups (broad SMARTS) is 1. The second kappa shape index (κ2) is 5.26. The normalized spacial score (nSPS) is 12.1. The summed E-state index contributed by atoms with van der Waals surface area (Å²) in [5.41, 5.74) is -0.118. The lowest BCUT2D eigenvalue weighted by Crippen LogP contribution is -2.23. The molecule has 0 bridgehead atoms. The Labute approximate surface area is 87.0 Å². The molecule has 0 aliphatic heterocycles. The number of aromatic nitrogens is 2. The van der Waals surface area contributed by atoms with Gasteiger partial charge in [-0.15, -0.1) is 0 Å². The van der Waals surface area contributed by atoms with E-state index in [2.05, 4.69) is 15.3 Å². The molecular formula is C9H13N3O3. The fourth-order valence-electron chi connectivity index (χ4n) is 1.02. The summed E-state index contributed by atoms with van der Waals surface area (Å²) < 4.78 is 0. The number of carbonyl (C=O) groups is 1. The molecule has 0 aliphatic carbocycles. The van der Waals surface area contributed by atoms with E-state index >= 15 is 0 Å². The van der Waals surface area contributed by atoms with Gasteiger partial charge in [0.15, 0.2) is 5.69 Å². The number of aliphatic hydroxyl groups excluding tert-OH is 1. The monoisotopic (exact) mass is 211 g/mol. The highest BCUT2D eigenvalue weighted by atomic mass is 16.4. The van der Waals surface area contributed by atoms with Gasteiger partial charge < -0.3 is 15.5 Å². The fraction of sp³-hybridized carbons (Fsp3) is 0.444. The fourth-order valence-corrected chi connectivity index (χ4v) is 1.02. The van der Waals surface area contributed by atoms with Crippen LogP contribution in [-0.2, 0) is 0 Å². The third-order valence-corrected chi connectivity index (χ3v) is 1.92. The van der Waals surface area contributed by atoms with Crippen molar-refractivity contribution in [1.82, 2.24) is 9.97 Å². The summed E-state index contributed by atoms with van der Waals surface area (Å²) in [6.45, 7) is 1.87. The number of anilines is 1. The summed E-state index contributed by atoms with van der Waals surface area (Å²) in [7, 11) is 0. The van der Waals surface area contributed by atoms with Crippen molar-refractivity contribution in [2.75, 3.05) is 11.9 Å². The van der Waals surface area contributed by atoms with Crippen LogP contribution in [0.15, 0.2) is 12.4 Å². The van der Waals surface area contributed by atoms with E-state index in [0.29, 0.717) is 5.82 Å². The lowest BCUT2D eigenvalue weighted by Gasteiger charge is -2.14.